The molecule has 80 valence electrons. The van der Waals surface area contributed by atoms with Crippen LogP contribution in [0.2, 0.25) is 0 Å². The van der Waals surface area contributed by atoms with Crippen molar-refractivity contribution in [3.05, 3.63) is 22.4 Å². The SMILES string of the molecule is CNC(=O)c1cc(OC2CC2)cnc1Br. The highest BCUT2D eigenvalue weighted by Gasteiger charge is 2.24. The minimum Gasteiger partial charge on any atom is -0.489 e. The topological polar surface area (TPSA) is 51.2 Å². The first-order chi connectivity index (χ1) is 7.20. The van der Waals surface area contributed by atoms with Gasteiger partial charge in [0.15, 0.2) is 0 Å². The van der Waals surface area contributed by atoms with Crippen molar-refractivity contribution in [1.29, 1.82) is 0 Å². The summed E-state index contributed by atoms with van der Waals surface area (Å²) in [6.45, 7) is 0. The number of pyridine rings is 1. The standard InChI is InChI=1S/C10H11BrN2O2/c1-12-10(14)8-4-7(5-13-9(8)11)15-6-2-3-6/h4-6H,2-3H2,1H3,(H,12,14). The van der Waals surface area contributed by atoms with Crippen molar-refractivity contribution in [1.82, 2.24) is 10.3 Å². The lowest BCUT2D eigenvalue weighted by Crippen LogP contribution is -2.18. The third-order valence-electron chi connectivity index (χ3n) is 2.11. The van der Waals surface area contributed by atoms with E-state index < -0.39 is 0 Å². The summed E-state index contributed by atoms with van der Waals surface area (Å²) in [7, 11) is 1.59. The first-order valence-corrected chi connectivity index (χ1v) is 5.54. The number of aromatic nitrogens is 1. The summed E-state index contributed by atoms with van der Waals surface area (Å²) in [5.41, 5.74) is 0.496. The van der Waals surface area contributed by atoms with Gasteiger partial charge in [-0.25, -0.2) is 4.98 Å². The third kappa shape index (κ3) is 2.47. The first kappa shape index (κ1) is 10.4. The number of hydrogen-bond acceptors (Lipinski definition) is 3. The van der Waals surface area contributed by atoms with Gasteiger partial charge in [0.25, 0.3) is 5.91 Å². The maximum absolute atomic E-state index is 11.5. The van der Waals surface area contributed by atoms with Gasteiger partial charge in [-0.05, 0) is 34.8 Å². The Balaban J connectivity index is 2.22. The Labute approximate surface area is 96.2 Å². The molecule has 1 aromatic heterocycles. The normalized spacial score (nSPS) is 14.8. The molecule has 2 rings (SSSR count). The number of ether oxygens (including phenoxy) is 1. The average Bonchev–Trinajstić information content (AvgIpc) is 3.04. The lowest BCUT2D eigenvalue weighted by molar-refractivity contribution is 0.0961. The minimum absolute atomic E-state index is 0.171. The number of nitrogens with one attached hydrogen (secondary N) is 1. The van der Waals surface area contributed by atoms with Crippen molar-refractivity contribution in [3.63, 3.8) is 0 Å². The van der Waals surface area contributed by atoms with E-state index in [0.717, 1.165) is 12.8 Å². The average molecular weight is 271 g/mol. The van der Waals surface area contributed by atoms with Crippen molar-refractivity contribution in [2.75, 3.05) is 7.05 Å². The highest BCUT2D eigenvalue weighted by Crippen LogP contribution is 2.28. The Morgan fingerprint density at radius 3 is 3.00 bits per heavy atom. The van der Waals surface area contributed by atoms with E-state index >= 15 is 0 Å². The molecular weight excluding hydrogens is 260 g/mol. The van der Waals surface area contributed by atoms with E-state index in [0.29, 0.717) is 22.0 Å². The maximum atomic E-state index is 11.5. The fourth-order valence-corrected chi connectivity index (χ4v) is 1.56. The fraction of sp³-hybridized carbons (Fsp3) is 0.400. The van der Waals surface area contributed by atoms with E-state index in [4.69, 9.17) is 4.74 Å². The molecule has 15 heavy (non-hydrogen) atoms. The molecule has 0 spiro atoms. The van der Waals surface area contributed by atoms with Gasteiger partial charge in [0.1, 0.15) is 10.4 Å². The van der Waals surface area contributed by atoms with Gasteiger partial charge in [-0.3, -0.25) is 4.79 Å². The Hall–Kier alpha value is -1.10. The molecule has 0 aromatic carbocycles. The lowest BCUT2D eigenvalue weighted by Gasteiger charge is -2.07. The first-order valence-electron chi connectivity index (χ1n) is 4.75. The van der Waals surface area contributed by atoms with Crippen LogP contribution in [0.5, 0.6) is 5.75 Å². The van der Waals surface area contributed by atoms with E-state index in [1.165, 1.54) is 0 Å². The van der Waals surface area contributed by atoms with Crippen LogP contribution >= 0.6 is 15.9 Å². The number of carbonyl (C=O) groups is 1. The summed E-state index contributed by atoms with van der Waals surface area (Å²) in [6.07, 6.45) is 4.11. The highest BCUT2D eigenvalue weighted by atomic mass is 79.9. The van der Waals surface area contributed by atoms with Gasteiger partial charge >= 0.3 is 0 Å². The molecule has 1 heterocycles. The van der Waals surface area contributed by atoms with Crippen LogP contribution in [0.15, 0.2) is 16.9 Å². The predicted molar refractivity (Wildman–Crippen MR) is 59.0 cm³/mol. The summed E-state index contributed by atoms with van der Waals surface area (Å²) in [4.78, 5) is 15.5. The maximum Gasteiger partial charge on any atom is 0.253 e. The molecule has 1 aliphatic carbocycles. The van der Waals surface area contributed by atoms with E-state index in [1.807, 2.05) is 0 Å². The number of nitrogens with zero attached hydrogens (tertiary/aromatic N) is 1. The van der Waals surface area contributed by atoms with Gasteiger partial charge in [-0.1, -0.05) is 0 Å². The number of carbonyl (C=O) groups excluding carboxylic acids is 1. The number of halogens is 1. The van der Waals surface area contributed by atoms with Gasteiger partial charge in [0.05, 0.1) is 17.9 Å². The number of rotatable bonds is 3. The van der Waals surface area contributed by atoms with E-state index in [9.17, 15) is 4.79 Å². The Morgan fingerprint density at radius 2 is 2.40 bits per heavy atom. The molecule has 0 bridgehead atoms. The van der Waals surface area contributed by atoms with Gasteiger partial charge in [-0.15, -0.1) is 0 Å². The Bertz CT molecular complexity index is 391. The molecule has 0 atom stereocenters. The van der Waals surface area contributed by atoms with Crippen LogP contribution in [-0.4, -0.2) is 24.0 Å². The van der Waals surface area contributed by atoms with E-state index in [2.05, 4.69) is 26.2 Å². The molecular formula is C10H11BrN2O2. The molecule has 1 amide bonds. The summed E-state index contributed by atoms with van der Waals surface area (Å²) in [5.74, 6) is 0.481. The molecule has 1 aromatic rings. The van der Waals surface area contributed by atoms with Crippen LogP contribution in [0.1, 0.15) is 23.2 Å². The Morgan fingerprint density at radius 1 is 1.67 bits per heavy atom. The zero-order valence-electron chi connectivity index (χ0n) is 8.29. The summed E-state index contributed by atoms with van der Waals surface area (Å²) in [5, 5.41) is 2.55. The van der Waals surface area contributed by atoms with E-state index in [1.54, 1.807) is 19.3 Å². The summed E-state index contributed by atoms with van der Waals surface area (Å²) >= 11 is 3.23. The molecule has 5 heteroatoms. The van der Waals surface area contributed by atoms with Crippen LogP contribution in [0.25, 0.3) is 0 Å². The summed E-state index contributed by atoms with van der Waals surface area (Å²) in [6, 6.07) is 1.70. The van der Waals surface area contributed by atoms with Crippen LogP contribution < -0.4 is 10.1 Å². The van der Waals surface area contributed by atoms with Crippen LogP contribution in [0.4, 0.5) is 0 Å². The molecule has 1 aliphatic rings. The third-order valence-corrected chi connectivity index (χ3v) is 2.74. The molecule has 1 fully saturated rings. The second-order valence-electron chi connectivity index (χ2n) is 3.41. The van der Waals surface area contributed by atoms with Gasteiger partial charge in [0, 0.05) is 7.05 Å². The largest absolute Gasteiger partial charge is 0.489 e. The smallest absolute Gasteiger partial charge is 0.253 e. The molecule has 0 saturated heterocycles. The zero-order valence-corrected chi connectivity index (χ0v) is 9.87. The molecule has 1 saturated carbocycles. The van der Waals surface area contributed by atoms with Gasteiger partial charge in [-0.2, -0.15) is 0 Å². The van der Waals surface area contributed by atoms with Crippen molar-refractivity contribution in [2.45, 2.75) is 18.9 Å². The second-order valence-corrected chi connectivity index (χ2v) is 4.16. The lowest BCUT2D eigenvalue weighted by atomic mass is 10.2. The van der Waals surface area contributed by atoms with Gasteiger partial charge < -0.3 is 10.1 Å². The molecule has 0 radical (unpaired) electrons. The molecule has 0 unspecified atom stereocenters. The second kappa shape index (κ2) is 4.18. The van der Waals surface area contributed by atoms with Crippen LogP contribution in [0.3, 0.4) is 0 Å². The number of amides is 1. The summed E-state index contributed by atoms with van der Waals surface area (Å²) < 4.78 is 6.08. The van der Waals surface area contributed by atoms with Crippen molar-refractivity contribution >= 4 is 21.8 Å². The minimum atomic E-state index is -0.171. The fourth-order valence-electron chi connectivity index (χ4n) is 1.17. The van der Waals surface area contributed by atoms with Gasteiger partial charge in [0.2, 0.25) is 0 Å². The molecule has 0 aliphatic heterocycles. The van der Waals surface area contributed by atoms with Crippen molar-refractivity contribution in [3.8, 4) is 5.75 Å². The van der Waals surface area contributed by atoms with Crippen molar-refractivity contribution < 1.29 is 9.53 Å². The Kier molecular flexibility index (Phi) is 2.90. The van der Waals surface area contributed by atoms with E-state index in [-0.39, 0.29) is 5.91 Å². The van der Waals surface area contributed by atoms with Crippen LogP contribution in [-0.2, 0) is 0 Å². The quantitative estimate of drug-likeness (QED) is 0.852. The van der Waals surface area contributed by atoms with Crippen molar-refractivity contribution in [2.24, 2.45) is 0 Å². The van der Waals surface area contributed by atoms with Crippen LogP contribution in [0, 0.1) is 0 Å². The monoisotopic (exact) mass is 270 g/mol. The predicted octanol–water partition coefficient (Wildman–Crippen LogP) is 1.74. The zero-order chi connectivity index (χ0) is 10.8. The highest BCUT2D eigenvalue weighted by molar-refractivity contribution is 9.10. The number of hydrogen-bond donors (Lipinski definition) is 1. The molecule has 4 nitrogen and oxygen atoms in total. The molecule has 1 N–H and O–H groups in total.